The van der Waals surface area contributed by atoms with Crippen molar-refractivity contribution >= 4 is 22.2 Å². The highest BCUT2D eigenvalue weighted by Gasteiger charge is 2.10. The van der Waals surface area contributed by atoms with Gasteiger partial charge in [0.15, 0.2) is 6.29 Å². The van der Waals surface area contributed by atoms with Gasteiger partial charge in [0.25, 0.3) is 0 Å². The number of carbonyl (C=O) groups excluding carboxylic acids is 1. The van der Waals surface area contributed by atoms with Crippen LogP contribution in [0.2, 0.25) is 0 Å². The van der Waals surface area contributed by atoms with Crippen LogP contribution in [0.3, 0.4) is 0 Å². The quantitative estimate of drug-likeness (QED) is 0.856. The molecule has 86 valence electrons. The van der Waals surface area contributed by atoms with Crippen LogP contribution in [0.5, 0.6) is 5.75 Å². The van der Waals surface area contributed by atoms with Crippen molar-refractivity contribution in [1.29, 1.82) is 0 Å². The van der Waals surface area contributed by atoms with E-state index in [2.05, 4.69) is 15.9 Å². The van der Waals surface area contributed by atoms with E-state index in [4.69, 9.17) is 0 Å². The molecule has 0 amide bonds. The Morgan fingerprint density at radius 1 is 1.18 bits per heavy atom. The molecule has 4 heteroatoms. The molecule has 0 heterocycles. The van der Waals surface area contributed by atoms with Gasteiger partial charge in [-0.1, -0.05) is 28.1 Å². The summed E-state index contributed by atoms with van der Waals surface area (Å²) < 4.78 is 13.5. The molecule has 2 aromatic carbocycles. The van der Waals surface area contributed by atoms with E-state index >= 15 is 0 Å². The number of hydrogen-bond donors (Lipinski definition) is 1. The average molecular weight is 295 g/mol. The van der Waals surface area contributed by atoms with E-state index < -0.39 is 0 Å². The first kappa shape index (κ1) is 11.8. The van der Waals surface area contributed by atoms with E-state index in [1.54, 1.807) is 18.2 Å². The number of phenolic OH excluding ortho intramolecular Hbond substituents is 1. The zero-order valence-electron chi connectivity index (χ0n) is 8.65. The van der Waals surface area contributed by atoms with Gasteiger partial charge in [0.05, 0.1) is 5.56 Å². The third kappa shape index (κ3) is 2.36. The molecule has 17 heavy (non-hydrogen) atoms. The Morgan fingerprint density at radius 3 is 2.41 bits per heavy atom. The number of aldehydes is 1. The van der Waals surface area contributed by atoms with Gasteiger partial charge < -0.3 is 5.11 Å². The number of carbonyl (C=O) groups is 1. The van der Waals surface area contributed by atoms with Gasteiger partial charge in [-0.15, -0.1) is 0 Å². The minimum absolute atomic E-state index is 0.102. The van der Waals surface area contributed by atoms with E-state index in [9.17, 15) is 14.3 Å². The fourth-order valence-electron chi connectivity index (χ4n) is 1.56. The predicted molar refractivity (Wildman–Crippen MR) is 66.6 cm³/mol. The minimum atomic E-state index is -0.348. The number of halogens is 2. The lowest BCUT2D eigenvalue weighted by Gasteiger charge is -2.07. The number of hydrogen-bond acceptors (Lipinski definition) is 2. The van der Waals surface area contributed by atoms with Crippen LogP contribution in [0.1, 0.15) is 10.4 Å². The number of benzene rings is 2. The third-order valence-electron chi connectivity index (χ3n) is 2.39. The van der Waals surface area contributed by atoms with Gasteiger partial charge in [-0.2, -0.15) is 0 Å². The monoisotopic (exact) mass is 294 g/mol. The summed E-state index contributed by atoms with van der Waals surface area (Å²) in [5.74, 6) is -0.450. The number of aromatic hydroxyl groups is 1. The van der Waals surface area contributed by atoms with Crippen molar-refractivity contribution in [3.05, 3.63) is 52.3 Å². The third-order valence-corrected chi connectivity index (χ3v) is 2.84. The Bertz CT molecular complexity index is 564. The molecule has 0 radical (unpaired) electrons. The molecular weight excluding hydrogens is 287 g/mol. The van der Waals surface area contributed by atoms with Crippen LogP contribution in [0.25, 0.3) is 11.1 Å². The normalized spacial score (nSPS) is 10.2. The highest BCUT2D eigenvalue weighted by molar-refractivity contribution is 9.10. The molecular formula is C13H8BrFO2. The van der Waals surface area contributed by atoms with Crippen molar-refractivity contribution in [2.24, 2.45) is 0 Å². The lowest BCUT2D eigenvalue weighted by atomic mass is 10.0. The maximum Gasteiger partial charge on any atom is 0.153 e. The minimum Gasteiger partial charge on any atom is -0.507 e. The van der Waals surface area contributed by atoms with Crippen molar-refractivity contribution in [2.75, 3.05) is 0 Å². The molecule has 0 aliphatic heterocycles. The molecule has 0 aromatic heterocycles. The van der Waals surface area contributed by atoms with Gasteiger partial charge in [0.2, 0.25) is 0 Å². The maximum absolute atomic E-state index is 12.8. The molecule has 0 spiro atoms. The maximum atomic E-state index is 12.8. The summed E-state index contributed by atoms with van der Waals surface area (Å²) in [4.78, 5) is 10.8. The van der Waals surface area contributed by atoms with E-state index in [0.717, 1.165) is 0 Å². The van der Waals surface area contributed by atoms with Crippen LogP contribution in [0, 0.1) is 5.82 Å². The Morgan fingerprint density at radius 2 is 1.82 bits per heavy atom. The summed E-state index contributed by atoms with van der Waals surface area (Å²) >= 11 is 3.26. The van der Waals surface area contributed by atoms with Crippen molar-refractivity contribution in [3.8, 4) is 16.9 Å². The van der Waals surface area contributed by atoms with Crippen LogP contribution in [-0.4, -0.2) is 11.4 Å². The van der Waals surface area contributed by atoms with Crippen molar-refractivity contribution in [1.82, 2.24) is 0 Å². The molecule has 2 aromatic rings. The molecule has 2 rings (SSSR count). The second-order valence-corrected chi connectivity index (χ2v) is 4.43. The molecule has 2 nitrogen and oxygen atoms in total. The van der Waals surface area contributed by atoms with Crippen LogP contribution in [-0.2, 0) is 0 Å². The van der Waals surface area contributed by atoms with Gasteiger partial charge in [0, 0.05) is 10.0 Å². The summed E-state index contributed by atoms with van der Waals surface area (Å²) in [6.07, 6.45) is 0.577. The first-order valence-corrected chi connectivity index (χ1v) is 5.65. The summed E-state index contributed by atoms with van der Waals surface area (Å²) in [6.45, 7) is 0. The molecule has 0 aliphatic carbocycles. The van der Waals surface area contributed by atoms with Gasteiger partial charge in [-0.25, -0.2) is 4.39 Å². The zero-order valence-corrected chi connectivity index (χ0v) is 10.2. The van der Waals surface area contributed by atoms with Crippen molar-refractivity contribution in [3.63, 3.8) is 0 Å². The standard InChI is InChI=1S/C13H8BrFO2/c14-10-5-9(7-16)13(17)12(6-10)8-1-3-11(15)4-2-8/h1-7,17H. The topological polar surface area (TPSA) is 37.3 Å². The smallest absolute Gasteiger partial charge is 0.153 e. The molecule has 0 aliphatic rings. The van der Waals surface area contributed by atoms with Gasteiger partial charge in [-0.3, -0.25) is 4.79 Å². The van der Waals surface area contributed by atoms with Crippen LogP contribution < -0.4 is 0 Å². The van der Waals surface area contributed by atoms with E-state index in [0.29, 0.717) is 21.9 Å². The van der Waals surface area contributed by atoms with Gasteiger partial charge >= 0.3 is 0 Å². The first-order valence-electron chi connectivity index (χ1n) is 4.85. The van der Waals surface area contributed by atoms with Crippen LogP contribution in [0.15, 0.2) is 40.9 Å². The summed E-state index contributed by atoms with van der Waals surface area (Å²) in [7, 11) is 0. The summed E-state index contributed by atoms with van der Waals surface area (Å²) in [6, 6.07) is 8.90. The molecule has 0 fully saturated rings. The molecule has 0 bridgehead atoms. The molecule has 0 atom stereocenters. The molecule has 1 N–H and O–H groups in total. The highest BCUT2D eigenvalue weighted by Crippen LogP contribution is 2.34. The zero-order chi connectivity index (χ0) is 12.4. The second-order valence-electron chi connectivity index (χ2n) is 3.52. The van der Waals surface area contributed by atoms with Crippen LogP contribution in [0.4, 0.5) is 4.39 Å². The number of phenols is 1. The fraction of sp³-hybridized carbons (Fsp3) is 0. The lowest BCUT2D eigenvalue weighted by Crippen LogP contribution is -1.87. The van der Waals surface area contributed by atoms with E-state index in [1.165, 1.54) is 18.2 Å². The Hall–Kier alpha value is -1.68. The largest absolute Gasteiger partial charge is 0.507 e. The Balaban J connectivity index is 2.62. The highest BCUT2D eigenvalue weighted by atomic mass is 79.9. The van der Waals surface area contributed by atoms with Crippen LogP contribution >= 0.6 is 15.9 Å². The summed E-state index contributed by atoms with van der Waals surface area (Å²) in [5.41, 5.74) is 1.33. The lowest BCUT2D eigenvalue weighted by molar-refractivity contribution is 0.112. The average Bonchev–Trinajstić information content (AvgIpc) is 2.33. The van der Waals surface area contributed by atoms with Gasteiger partial charge in [0.1, 0.15) is 11.6 Å². The van der Waals surface area contributed by atoms with Crippen molar-refractivity contribution in [2.45, 2.75) is 0 Å². The summed E-state index contributed by atoms with van der Waals surface area (Å²) in [5, 5.41) is 9.89. The predicted octanol–water partition coefficient (Wildman–Crippen LogP) is 3.77. The molecule has 0 unspecified atom stereocenters. The Kier molecular flexibility index (Phi) is 3.24. The first-order chi connectivity index (χ1) is 8.11. The van der Waals surface area contributed by atoms with E-state index in [1.807, 2.05) is 0 Å². The fourth-order valence-corrected chi connectivity index (χ4v) is 2.04. The number of rotatable bonds is 2. The van der Waals surface area contributed by atoms with E-state index in [-0.39, 0.29) is 17.1 Å². The van der Waals surface area contributed by atoms with Crippen molar-refractivity contribution < 1.29 is 14.3 Å². The Labute approximate surface area is 106 Å². The molecule has 0 saturated carbocycles. The SMILES string of the molecule is O=Cc1cc(Br)cc(-c2ccc(F)cc2)c1O. The molecule has 0 saturated heterocycles. The van der Waals surface area contributed by atoms with Gasteiger partial charge in [-0.05, 0) is 29.8 Å². The second kappa shape index (κ2) is 4.67.